The van der Waals surface area contributed by atoms with Crippen LogP contribution in [0.2, 0.25) is 0 Å². The number of aliphatic hydroxyl groups is 1. The van der Waals surface area contributed by atoms with E-state index in [1.54, 1.807) is 13.3 Å². The molecule has 0 radical (unpaired) electrons. The van der Waals surface area contributed by atoms with Crippen LogP contribution in [0.1, 0.15) is 25.7 Å². The number of nitrogens with one attached hydrogen (secondary N) is 1. The average molecular weight is 309 g/mol. The van der Waals surface area contributed by atoms with E-state index in [1.165, 1.54) is 0 Å². The maximum absolute atomic E-state index is 10.3. The molecule has 1 unspecified atom stereocenters. The Morgan fingerprint density at radius 3 is 2.91 bits per heavy atom. The molecule has 2 N–H and O–H groups in total. The van der Waals surface area contributed by atoms with Crippen LogP contribution in [0.25, 0.3) is 0 Å². The van der Waals surface area contributed by atoms with Crippen molar-refractivity contribution < 1.29 is 14.6 Å². The molecule has 22 heavy (non-hydrogen) atoms. The van der Waals surface area contributed by atoms with Gasteiger partial charge in [0.2, 0.25) is 0 Å². The Balaban J connectivity index is 1.50. The van der Waals surface area contributed by atoms with Gasteiger partial charge in [-0.3, -0.25) is 4.68 Å². The van der Waals surface area contributed by atoms with Crippen LogP contribution in [-0.2, 0) is 16.0 Å². The van der Waals surface area contributed by atoms with Crippen LogP contribution in [0, 0.1) is 5.92 Å². The minimum atomic E-state index is -0.283. The first-order valence-corrected chi connectivity index (χ1v) is 8.22. The third-order valence-electron chi connectivity index (χ3n) is 5.15. The lowest BCUT2D eigenvalue weighted by Crippen LogP contribution is -2.50. The molecule has 0 spiro atoms. The van der Waals surface area contributed by atoms with Gasteiger partial charge in [-0.1, -0.05) is 0 Å². The van der Waals surface area contributed by atoms with Crippen LogP contribution in [0.4, 0.5) is 0 Å². The van der Waals surface area contributed by atoms with Crippen LogP contribution in [0.15, 0.2) is 18.5 Å². The zero-order valence-electron chi connectivity index (χ0n) is 13.3. The van der Waals surface area contributed by atoms with Crippen molar-refractivity contribution in [2.75, 3.05) is 26.9 Å². The number of rotatable bonds is 6. The Labute approximate surface area is 131 Å². The van der Waals surface area contributed by atoms with E-state index < -0.39 is 0 Å². The van der Waals surface area contributed by atoms with Crippen LogP contribution in [0.3, 0.4) is 0 Å². The molecular formula is C16H27N3O3. The summed E-state index contributed by atoms with van der Waals surface area (Å²) in [5.41, 5.74) is -0.141. The zero-order valence-corrected chi connectivity index (χ0v) is 13.3. The summed E-state index contributed by atoms with van der Waals surface area (Å²) in [4.78, 5) is 0. The first-order valence-electron chi connectivity index (χ1n) is 8.22. The average Bonchev–Trinajstić information content (AvgIpc) is 3.16. The Kier molecular flexibility index (Phi) is 5.13. The quantitative estimate of drug-likeness (QED) is 0.814. The largest absolute Gasteiger partial charge is 0.391 e. The standard InChI is InChI=1S/C16H27N3O3/c1-21-16(3-7-22-8-4-16)12-17-14-9-13(10-15(14)20)11-19-6-2-5-18-19/h2,5-6,13-15,17,20H,3-4,7-12H2,1H3/t13?,14-,15-/m1/s1. The second-order valence-corrected chi connectivity index (χ2v) is 6.62. The molecular weight excluding hydrogens is 282 g/mol. The van der Waals surface area contributed by atoms with E-state index in [4.69, 9.17) is 9.47 Å². The zero-order chi connectivity index (χ0) is 15.4. The second kappa shape index (κ2) is 7.08. The molecule has 0 aromatic carbocycles. The molecule has 1 aliphatic heterocycles. The summed E-state index contributed by atoms with van der Waals surface area (Å²) in [6.07, 6.45) is 7.14. The maximum Gasteiger partial charge on any atom is 0.0846 e. The Hall–Kier alpha value is -0.950. The van der Waals surface area contributed by atoms with E-state index in [-0.39, 0.29) is 17.7 Å². The molecule has 1 aliphatic carbocycles. The number of hydrogen-bond acceptors (Lipinski definition) is 5. The number of methoxy groups -OCH3 is 1. The fraction of sp³-hybridized carbons (Fsp3) is 0.812. The highest BCUT2D eigenvalue weighted by Gasteiger charge is 2.37. The van der Waals surface area contributed by atoms with E-state index in [9.17, 15) is 5.11 Å². The van der Waals surface area contributed by atoms with Gasteiger partial charge in [0.25, 0.3) is 0 Å². The summed E-state index contributed by atoms with van der Waals surface area (Å²) in [6, 6.07) is 2.09. The van der Waals surface area contributed by atoms with Crippen LogP contribution >= 0.6 is 0 Å². The van der Waals surface area contributed by atoms with Crippen LogP contribution in [0.5, 0.6) is 0 Å². The molecule has 2 heterocycles. The van der Waals surface area contributed by atoms with E-state index in [0.29, 0.717) is 5.92 Å². The summed E-state index contributed by atoms with van der Waals surface area (Å²) < 4.78 is 13.1. The van der Waals surface area contributed by atoms with Crippen LogP contribution < -0.4 is 5.32 Å². The minimum Gasteiger partial charge on any atom is -0.391 e. The summed E-state index contributed by atoms with van der Waals surface area (Å²) in [5, 5.41) is 18.1. The topological polar surface area (TPSA) is 68.5 Å². The van der Waals surface area contributed by atoms with Gasteiger partial charge in [-0.15, -0.1) is 0 Å². The minimum absolute atomic E-state index is 0.141. The Morgan fingerprint density at radius 1 is 1.41 bits per heavy atom. The molecule has 3 atom stereocenters. The summed E-state index contributed by atoms with van der Waals surface area (Å²) >= 11 is 0. The number of aromatic nitrogens is 2. The number of ether oxygens (including phenoxy) is 2. The van der Waals surface area contributed by atoms with Crippen molar-refractivity contribution in [3.05, 3.63) is 18.5 Å². The molecule has 3 rings (SSSR count). The van der Waals surface area contributed by atoms with E-state index in [1.807, 2.05) is 16.9 Å². The smallest absolute Gasteiger partial charge is 0.0846 e. The van der Waals surface area contributed by atoms with Gasteiger partial charge >= 0.3 is 0 Å². The third kappa shape index (κ3) is 3.68. The lowest BCUT2D eigenvalue weighted by molar-refractivity contribution is -0.0896. The molecule has 1 aromatic heterocycles. The molecule has 2 fully saturated rings. The van der Waals surface area contributed by atoms with Crippen molar-refractivity contribution in [1.82, 2.24) is 15.1 Å². The third-order valence-corrected chi connectivity index (χ3v) is 5.15. The lowest BCUT2D eigenvalue weighted by atomic mass is 9.93. The molecule has 0 amide bonds. The fourth-order valence-electron chi connectivity index (χ4n) is 3.67. The van der Waals surface area contributed by atoms with Gasteiger partial charge in [-0.2, -0.15) is 5.10 Å². The molecule has 0 bridgehead atoms. The van der Waals surface area contributed by atoms with Crippen molar-refractivity contribution >= 4 is 0 Å². The van der Waals surface area contributed by atoms with Gasteiger partial charge in [0, 0.05) is 64.7 Å². The normalized spacial score (nSPS) is 31.5. The summed E-state index contributed by atoms with van der Waals surface area (Å²) in [7, 11) is 1.78. The Bertz CT molecular complexity index is 445. The highest BCUT2D eigenvalue weighted by atomic mass is 16.5. The highest BCUT2D eigenvalue weighted by molar-refractivity contribution is 4.93. The van der Waals surface area contributed by atoms with Gasteiger partial charge in [-0.25, -0.2) is 0 Å². The maximum atomic E-state index is 10.3. The van der Waals surface area contributed by atoms with Crippen molar-refractivity contribution in [2.24, 2.45) is 5.92 Å². The lowest BCUT2D eigenvalue weighted by Gasteiger charge is -2.37. The van der Waals surface area contributed by atoms with E-state index in [0.717, 1.165) is 52.0 Å². The van der Waals surface area contributed by atoms with Crippen molar-refractivity contribution in [3.8, 4) is 0 Å². The highest BCUT2D eigenvalue weighted by Crippen LogP contribution is 2.29. The predicted octanol–water partition coefficient (Wildman–Crippen LogP) is 0.808. The monoisotopic (exact) mass is 309 g/mol. The van der Waals surface area contributed by atoms with Crippen molar-refractivity contribution in [1.29, 1.82) is 0 Å². The summed E-state index contributed by atoms with van der Waals surface area (Å²) in [6.45, 7) is 3.17. The van der Waals surface area contributed by atoms with Crippen LogP contribution in [-0.4, -0.2) is 59.5 Å². The van der Waals surface area contributed by atoms with Gasteiger partial charge in [0.1, 0.15) is 0 Å². The first-order chi connectivity index (χ1) is 10.7. The molecule has 1 saturated heterocycles. The van der Waals surface area contributed by atoms with E-state index >= 15 is 0 Å². The second-order valence-electron chi connectivity index (χ2n) is 6.62. The van der Waals surface area contributed by atoms with Crippen molar-refractivity contribution in [2.45, 2.75) is 50.0 Å². The van der Waals surface area contributed by atoms with E-state index in [2.05, 4.69) is 10.4 Å². The summed E-state index contributed by atoms with van der Waals surface area (Å²) in [5.74, 6) is 0.473. The first kappa shape index (κ1) is 15.9. The SMILES string of the molecule is COC1(CN[C@@H]2CC(Cn3cccn3)C[C@H]2O)CCOCC1. The predicted molar refractivity (Wildman–Crippen MR) is 82.5 cm³/mol. The molecule has 1 aromatic rings. The molecule has 6 nitrogen and oxygen atoms in total. The van der Waals surface area contributed by atoms with Gasteiger partial charge in [-0.05, 0) is 24.8 Å². The molecule has 1 saturated carbocycles. The van der Waals surface area contributed by atoms with Gasteiger partial charge in [0.15, 0.2) is 0 Å². The molecule has 124 valence electrons. The number of nitrogens with zero attached hydrogens (tertiary/aromatic N) is 2. The van der Waals surface area contributed by atoms with Gasteiger partial charge in [0.05, 0.1) is 11.7 Å². The fourth-order valence-corrected chi connectivity index (χ4v) is 3.67. The number of aliphatic hydroxyl groups excluding tert-OH is 1. The Morgan fingerprint density at radius 2 is 2.23 bits per heavy atom. The van der Waals surface area contributed by atoms with Gasteiger partial charge < -0.3 is 19.9 Å². The molecule has 6 heteroatoms. The van der Waals surface area contributed by atoms with Crippen molar-refractivity contribution in [3.63, 3.8) is 0 Å². The number of hydrogen-bond donors (Lipinski definition) is 2. The molecule has 2 aliphatic rings.